The van der Waals surface area contributed by atoms with E-state index in [0.29, 0.717) is 0 Å². The van der Waals surface area contributed by atoms with Crippen molar-refractivity contribution in [3.63, 3.8) is 0 Å². The van der Waals surface area contributed by atoms with Crippen LogP contribution in [0, 0.1) is 0 Å². The first kappa shape index (κ1) is 60.6. The molecule has 0 spiro atoms. The van der Waals surface area contributed by atoms with Gasteiger partial charge in [0.1, 0.15) is 0 Å². The summed E-state index contributed by atoms with van der Waals surface area (Å²) in [6.07, 6.45) is 0. The van der Waals surface area contributed by atoms with Gasteiger partial charge in [-0.05, 0) is 0 Å². The summed E-state index contributed by atoms with van der Waals surface area (Å²) in [5, 5.41) is 0. The van der Waals surface area contributed by atoms with E-state index in [1.807, 2.05) is 0 Å². The SMILES string of the molecule is [Al].[Ge].[O-2].[Si]. The quantitative estimate of drug-likeness (QED) is 0.379. The predicted octanol–water partition coefficient (Wildman–Crippen LogP) is -1.26. The zero-order chi connectivity index (χ0) is 0. The molecule has 0 aliphatic heterocycles. The molecular formula is AlGeOSi-2. The van der Waals surface area contributed by atoms with E-state index in [1.54, 1.807) is 0 Å². The van der Waals surface area contributed by atoms with Crippen LogP contribution in [0.1, 0.15) is 0 Å². The van der Waals surface area contributed by atoms with E-state index in [2.05, 4.69) is 0 Å². The first-order chi connectivity index (χ1) is 0. The van der Waals surface area contributed by atoms with Crippen LogP contribution >= 0.6 is 0 Å². The Bertz CT molecular complexity index is 8.00. The number of hydrogen-bond acceptors (Lipinski definition) is 0. The van der Waals surface area contributed by atoms with E-state index >= 15 is 0 Å². The zero-order valence-corrected chi connectivity index (χ0v) is 6.24. The van der Waals surface area contributed by atoms with Crippen LogP contribution in [0.5, 0.6) is 0 Å². The molecular weight excluding hydrogens is 144 g/mol. The molecule has 0 aliphatic carbocycles. The Labute approximate surface area is 51.6 Å². The van der Waals surface area contributed by atoms with Gasteiger partial charge in [-0.25, -0.2) is 0 Å². The van der Waals surface area contributed by atoms with Crippen LogP contribution < -0.4 is 0 Å². The van der Waals surface area contributed by atoms with Gasteiger partial charge in [0.05, 0.1) is 0 Å². The van der Waals surface area contributed by atoms with Crippen molar-refractivity contribution >= 4 is 45.9 Å². The van der Waals surface area contributed by atoms with Crippen LogP contribution in [0.15, 0.2) is 0 Å². The largest absolute Gasteiger partial charge is 2.00 e. The molecule has 0 amide bonds. The standard InChI is InChI=1S/Al.Ge.O.Si/q;;-2;. The molecule has 0 bridgehead atoms. The van der Waals surface area contributed by atoms with Crippen LogP contribution in [0.25, 0.3) is 0 Å². The van der Waals surface area contributed by atoms with Crippen molar-refractivity contribution in [2.75, 3.05) is 0 Å². The van der Waals surface area contributed by atoms with Gasteiger partial charge in [0.25, 0.3) is 0 Å². The number of hydrogen-bond donors (Lipinski definition) is 0. The van der Waals surface area contributed by atoms with Crippen LogP contribution in [-0.4, -0.2) is 45.9 Å². The zero-order valence-electron chi connectivity index (χ0n) is 1.99. The minimum atomic E-state index is 0. The monoisotopic (exact) mass is 145 g/mol. The molecule has 0 saturated carbocycles. The van der Waals surface area contributed by atoms with Gasteiger partial charge in [-0.3, -0.25) is 0 Å². The van der Waals surface area contributed by atoms with Crippen molar-refractivity contribution in [2.45, 2.75) is 0 Å². The first-order valence-electron chi connectivity index (χ1n) is 0. The summed E-state index contributed by atoms with van der Waals surface area (Å²) in [5.74, 6) is 0. The normalized spacial score (nSPS) is 0. The molecule has 19 valence electrons. The van der Waals surface area contributed by atoms with Crippen molar-refractivity contribution in [1.29, 1.82) is 0 Å². The second kappa shape index (κ2) is 28.7. The summed E-state index contributed by atoms with van der Waals surface area (Å²) < 4.78 is 0. The molecule has 0 fully saturated rings. The summed E-state index contributed by atoms with van der Waals surface area (Å²) in [7, 11) is 0. The van der Waals surface area contributed by atoms with Gasteiger partial charge in [-0.1, -0.05) is 0 Å². The van der Waals surface area contributed by atoms with Gasteiger partial charge in [0.2, 0.25) is 0 Å². The Hall–Kier alpha value is 1.25. The second-order valence-corrected chi connectivity index (χ2v) is 0. The smallest absolute Gasteiger partial charge is 0 e. The molecule has 0 rings (SSSR count). The van der Waals surface area contributed by atoms with Gasteiger partial charge in [-0.2, -0.15) is 0 Å². The summed E-state index contributed by atoms with van der Waals surface area (Å²) in [4.78, 5) is 0. The molecule has 0 aromatic carbocycles. The molecule has 0 saturated heterocycles. The molecule has 4 heteroatoms. The topological polar surface area (TPSA) is 28.5 Å². The molecule has 1 nitrogen and oxygen atoms in total. The van der Waals surface area contributed by atoms with Crippen molar-refractivity contribution in [3.8, 4) is 0 Å². The molecule has 0 aromatic rings. The maximum atomic E-state index is 0. The first-order valence-corrected chi connectivity index (χ1v) is 0. The predicted molar refractivity (Wildman–Crippen MR) is 17.9 cm³/mol. The van der Waals surface area contributed by atoms with Crippen molar-refractivity contribution in [3.05, 3.63) is 0 Å². The number of rotatable bonds is 0. The van der Waals surface area contributed by atoms with Gasteiger partial charge >= 0.3 is 0 Å². The minimum absolute atomic E-state index is 0. The average molecular weight is 144 g/mol. The molecule has 0 aliphatic rings. The summed E-state index contributed by atoms with van der Waals surface area (Å²) >= 11 is 0. The van der Waals surface area contributed by atoms with Crippen molar-refractivity contribution in [1.82, 2.24) is 0 Å². The summed E-state index contributed by atoms with van der Waals surface area (Å²) in [6, 6.07) is 0. The van der Waals surface area contributed by atoms with Crippen LogP contribution in [-0.2, 0) is 5.48 Å². The van der Waals surface area contributed by atoms with Gasteiger partial charge in [0, 0.05) is 45.9 Å². The van der Waals surface area contributed by atoms with Gasteiger partial charge in [0.15, 0.2) is 0 Å². The third kappa shape index (κ3) is 10.5. The summed E-state index contributed by atoms with van der Waals surface area (Å²) in [6.45, 7) is 0. The maximum absolute atomic E-state index is 0. The van der Waals surface area contributed by atoms with Crippen LogP contribution in [0.4, 0.5) is 0 Å². The molecule has 0 N–H and O–H groups in total. The third-order valence-electron chi connectivity index (χ3n) is 0. The molecule has 0 aromatic heterocycles. The van der Waals surface area contributed by atoms with Gasteiger partial charge < -0.3 is 5.48 Å². The van der Waals surface area contributed by atoms with E-state index in [0.717, 1.165) is 0 Å². The Morgan fingerprint density at radius 2 is 1.00 bits per heavy atom. The van der Waals surface area contributed by atoms with Gasteiger partial charge in [-0.15, -0.1) is 0 Å². The van der Waals surface area contributed by atoms with E-state index < -0.39 is 0 Å². The summed E-state index contributed by atoms with van der Waals surface area (Å²) in [5.41, 5.74) is 0. The fourth-order valence-electron chi connectivity index (χ4n) is 0. The average Bonchev–Trinajstić information content (AvgIpc) is 0. The third-order valence-corrected chi connectivity index (χ3v) is 0. The molecule has 11 radical (unpaired) electrons. The Kier molecular flexibility index (Phi) is 434. The van der Waals surface area contributed by atoms with E-state index in [9.17, 15) is 0 Å². The molecule has 4 heavy (non-hydrogen) atoms. The van der Waals surface area contributed by atoms with Crippen molar-refractivity contribution in [2.24, 2.45) is 0 Å². The molecule has 0 atom stereocenters. The fourth-order valence-corrected chi connectivity index (χ4v) is 0. The Balaban J connectivity index is 0. The minimum Gasteiger partial charge on any atom is -2.00 e. The second-order valence-electron chi connectivity index (χ2n) is 0. The fraction of sp³-hybridized carbons (Fsp3) is 0. The van der Waals surface area contributed by atoms with Crippen LogP contribution in [0.3, 0.4) is 0 Å². The van der Waals surface area contributed by atoms with E-state index in [4.69, 9.17) is 0 Å². The molecule has 0 heterocycles. The van der Waals surface area contributed by atoms with E-state index in [1.165, 1.54) is 0 Å². The van der Waals surface area contributed by atoms with Crippen molar-refractivity contribution < 1.29 is 5.48 Å². The maximum Gasteiger partial charge on any atom is 0 e. The van der Waals surface area contributed by atoms with E-state index in [-0.39, 0.29) is 51.4 Å². The molecule has 0 unspecified atom stereocenters. The Morgan fingerprint density at radius 3 is 1.00 bits per heavy atom. The van der Waals surface area contributed by atoms with Crippen LogP contribution in [0.2, 0.25) is 0 Å². The Morgan fingerprint density at radius 1 is 1.00 bits per heavy atom.